The van der Waals surface area contributed by atoms with E-state index in [4.69, 9.17) is 19.4 Å². The van der Waals surface area contributed by atoms with Crippen LogP contribution < -0.4 is 0 Å². The van der Waals surface area contributed by atoms with Crippen LogP contribution in [0.4, 0.5) is 0 Å². The van der Waals surface area contributed by atoms with Crippen LogP contribution in [0.1, 0.15) is 0 Å². The van der Waals surface area contributed by atoms with Gasteiger partial charge in [0.05, 0.1) is 16.6 Å². The Morgan fingerprint density at radius 3 is 1.67 bits per heavy atom. The van der Waals surface area contributed by atoms with Crippen molar-refractivity contribution in [3.8, 4) is 62.1 Å². The summed E-state index contributed by atoms with van der Waals surface area (Å²) >= 11 is 1.78. The number of furan rings is 1. The fourth-order valence-corrected chi connectivity index (χ4v) is 10.5. The van der Waals surface area contributed by atoms with E-state index in [0.29, 0.717) is 17.5 Å². The average molecular weight is 823 g/mol. The van der Waals surface area contributed by atoms with Crippen LogP contribution >= 0.6 is 11.3 Å². The summed E-state index contributed by atoms with van der Waals surface area (Å²) in [5.74, 6) is 1.76. The van der Waals surface area contributed by atoms with Gasteiger partial charge in [0.1, 0.15) is 11.2 Å². The van der Waals surface area contributed by atoms with Crippen molar-refractivity contribution >= 4 is 75.3 Å². The highest BCUT2D eigenvalue weighted by Crippen LogP contribution is 2.45. The van der Waals surface area contributed by atoms with E-state index in [1.165, 1.54) is 37.4 Å². The SMILES string of the molecule is c1ccc(-c2ccc3sc4c(-c5nc(-c6ccccc6)nc(-c6cccc7c6oc6cc(-n8c9ccccc9c9ccccc98)ccc67)n5)cc(-c5ccccc5)cc4c3c2)cc1. The number of nitrogens with zero attached hydrogens (tertiary/aromatic N) is 4. The van der Waals surface area contributed by atoms with Gasteiger partial charge in [0.25, 0.3) is 0 Å². The van der Waals surface area contributed by atoms with Crippen molar-refractivity contribution in [2.75, 3.05) is 0 Å². The highest BCUT2D eigenvalue weighted by Gasteiger charge is 2.22. The van der Waals surface area contributed by atoms with Gasteiger partial charge in [-0.05, 0) is 76.9 Å². The van der Waals surface area contributed by atoms with E-state index in [-0.39, 0.29) is 0 Å². The zero-order valence-corrected chi connectivity index (χ0v) is 34.6. The van der Waals surface area contributed by atoms with Gasteiger partial charge in [-0.3, -0.25) is 0 Å². The normalized spacial score (nSPS) is 11.8. The third-order valence-electron chi connectivity index (χ3n) is 12.3. The Hall–Kier alpha value is -8.19. The van der Waals surface area contributed by atoms with Crippen molar-refractivity contribution in [1.29, 1.82) is 0 Å². The van der Waals surface area contributed by atoms with Crippen molar-refractivity contribution in [2.45, 2.75) is 0 Å². The number of thiophene rings is 1. The molecule has 0 saturated carbocycles. The second-order valence-electron chi connectivity index (χ2n) is 16.0. The number of fused-ring (bicyclic) bond motifs is 9. The number of para-hydroxylation sites is 3. The molecular weight excluding hydrogens is 789 g/mol. The second-order valence-corrected chi connectivity index (χ2v) is 17.0. The number of aromatic nitrogens is 4. The van der Waals surface area contributed by atoms with Gasteiger partial charge in [0, 0.05) is 64.6 Å². The summed E-state index contributed by atoms with van der Waals surface area (Å²) in [6, 6.07) is 72.6. The molecule has 4 aromatic heterocycles. The first kappa shape index (κ1) is 35.6. The molecule has 0 fully saturated rings. The lowest BCUT2D eigenvalue weighted by Gasteiger charge is -2.11. The van der Waals surface area contributed by atoms with Crippen LogP contribution in [0.5, 0.6) is 0 Å². The lowest BCUT2D eigenvalue weighted by molar-refractivity contribution is 0.669. The maximum Gasteiger partial charge on any atom is 0.167 e. The van der Waals surface area contributed by atoms with Gasteiger partial charge in [-0.25, -0.2) is 15.0 Å². The molecule has 294 valence electrons. The molecule has 0 bridgehead atoms. The molecule has 0 aliphatic carbocycles. The Balaban J connectivity index is 1.03. The van der Waals surface area contributed by atoms with Crippen LogP contribution in [0, 0.1) is 0 Å². The summed E-state index contributed by atoms with van der Waals surface area (Å²) in [5, 5.41) is 6.86. The molecule has 0 saturated heterocycles. The summed E-state index contributed by atoms with van der Waals surface area (Å²) in [6.07, 6.45) is 0. The van der Waals surface area contributed by atoms with E-state index in [1.807, 2.05) is 18.2 Å². The minimum atomic E-state index is 0.553. The molecular formula is C57H34N4OS. The number of rotatable bonds is 6. The standard InChI is InChI=1S/C57H34N4OS/c1-4-15-35(16-5-1)38-27-30-52-46(31-38)47-32-39(36-17-6-2-7-18-36)33-48(54(47)63-52)57-59-55(37-19-8-3-9-20-37)58-56(60-57)45-24-14-23-44-43-29-28-40(34-51(43)62-53(44)45)61-49-25-12-10-21-41(49)42-22-11-13-26-50(42)61/h1-34H. The first-order valence-corrected chi connectivity index (χ1v) is 21.9. The lowest BCUT2D eigenvalue weighted by atomic mass is 9.97. The topological polar surface area (TPSA) is 56.7 Å². The second kappa shape index (κ2) is 14.2. The minimum absolute atomic E-state index is 0.553. The van der Waals surface area contributed by atoms with Crippen molar-refractivity contribution in [2.24, 2.45) is 0 Å². The zero-order chi connectivity index (χ0) is 41.4. The van der Waals surface area contributed by atoms with Gasteiger partial charge in [-0.1, -0.05) is 146 Å². The first-order chi connectivity index (χ1) is 31.2. The van der Waals surface area contributed by atoms with E-state index in [1.54, 1.807) is 11.3 Å². The van der Waals surface area contributed by atoms with Crippen molar-refractivity contribution < 1.29 is 4.42 Å². The summed E-state index contributed by atoms with van der Waals surface area (Å²) in [4.78, 5) is 15.9. The third kappa shape index (κ3) is 5.80. The van der Waals surface area contributed by atoms with E-state index in [9.17, 15) is 0 Å². The monoisotopic (exact) mass is 822 g/mol. The van der Waals surface area contributed by atoms with Gasteiger partial charge < -0.3 is 8.98 Å². The zero-order valence-electron chi connectivity index (χ0n) is 33.7. The number of benzene rings is 9. The fraction of sp³-hybridized carbons (Fsp3) is 0. The Kier molecular flexibility index (Phi) is 8.01. The van der Waals surface area contributed by atoms with Crippen LogP contribution in [0.3, 0.4) is 0 Å². The molecule has 6 heteroatoms. The third-order valence-corrected chi connectivity index (χ3v) is 13.5. The molecule has 9 aromatic carbocycles. The first-order valence-electron chi connectivity index (χ1n) is 21.1. The predicted molar refractivity (Wildman–Crippen MR) is 262 cm³/mol. The van der Waals surface area contributed by atoms with Gasteiger partial charge in [-0.2, -0.15) is 0 Å². The lowest BCUT2D eigenvalue weighted by Crippen LogP contribution is -2.00. The largest absolute Gasteiger partial charge is 0.455 e. The summed E-state index contributed by atoms with van der Waals surface area (Å²) < 4.78 is 11.6. The Bertz CT molecular complexity index is 3850. The quantitative estimate of drug-likeness (QED) is 0.168. The van der Waals surface area contributed by atoms with Crippen molar-refractivity contribution in [3.05, 3.63) is 206 Å². The van der Waals surface area contributed by atoms with Gasteiger partial charge in [-0.15, -0.1) is 11.3 Å². The molecule has 5 nitrogen and oxygen atoms in total. The van der Waals surface area contributed by atoms with E-state index in [0.717, 1.165) is 71.2 Å². The minimum Gasteiger partial charge on any atom is -0.455 e. The van der Waals surface area contributed by atoms with E-state index >= 15 is 0 Å². The maximum atomic E-state index is 6.92. The van der Waals surface area contributed by atoms with Crippen LogP contribution in [0.2, 0.25) is 0 Å². The predicted octanol–water partition coefficient (Wildman–Crippen LogP) is 15.6. The molecule has 0 radical (unpaired) electrons. The Morgan fingerprint density at radius 1 is 0.365 bits per heavy atom. The highest BCUT2D eigenvalue weighted by atomic mass is 32.1. The molecule has 13 rings (SSSR count). The molecule has 0 unspecified atom stereocenters. The molecule has 13 aromatic rings. The van der Waals surface area contributed by atoms with Crippen LogP contribution in [0.15, 0.2) is 211 Å². The summed E-state index contributed by atoms with van der Waals surface area (Å²) in [5.41, 5.74) is 12.2. The molecule has 0 aliphatic heterocycles. The summed E-state index contributed by atoms with van der Waals surface area (Å²) in [7, 11) is 0. The Morgan fingerprint density at radius 2 is 0.952 bits per heavy atom. The van der Waals surface area contributed by atoms with Gasteiger partial charge in [0.2, 0.25) is 0 Å². The van der Waals surface area contributed by atoms with Crippen molar-refractivity contribution in [3.63, 3.8) is 0 Å². The molecule has 0 spiro atoms. The molecule has 0 amide bonds. The molecule has 0 N–H and O–H groups in total. The average Bonchev–Trinajstić information content (AvgIpc) is 4.03. The highest BCUT2D eigenvalue weighted by molar-refractivity contribution is 7.26. The van der Waals surface area contributed by atoms with Crippen LogP contribution in [-0.2, 0) is 0 Å². The fourth-order valence-electron chi connectivity index (χ4n) is 9.29. The Labute approximate surface area is 365 Å². The number of hydrogen-bond donors (Lipinski definition) is 0. The van der Waals surface area contributed by atoms with E-state index in [2.05, 4.69) is 193 Å². The van der Waals surface area contributed by atoms with E-state index < -0.39 is 0 Å². The maximum absolute atomic E-state index is 6.92. The van der Waals surface area contributed by atoms with Crippen LogP contribution in [0.25, 0.3) is 126 Å². The van der Waals surface area contributed by atoms with Gasteiger partial charge >= 0.3 is 0 Å². The van der Waals surface area contributed by atoms with Gasteiger partial charge in [0.15, 0.2) is 17.5 Å². The number of hydrogen-bond acceptors (Lipinski definition) is 5. The molecule has 0 aliphatic rings. The smallest absolute Gasteiger partial charge is 0.167 e. The van der Waals surface area contributed by atoms with Crippen molar-refractivity contribution in [1.82, 2.24) is 19.5 Å². The molecule has 63 heavy (non-hydrogen) atoms. The summed E-state index contributed by atoms with van der Waals surface area (Å²) in [6.45, 7) is 0. The molecule has 4 heterocycles. The molecule has 0 atom stereocenters. The van der Waals surface area contributed by atoms with Crippen LogP contribution in [-0.4, -0.2) is 19.5 Å².